The van der Waals surface area contributed by atoms with Gasteiger partial charge in [-0.15, -0.1) is 0 Å². The summed E-state index contributed by atoms with van der Waals surface area (Å²) in [5.41, 5.74) is 4.99. The van der Waals surface area contributed by atoms with Crippen LogP contribution in [-0.2, 0) is 16.1 Å². The molecular weight excluding hydrogens is 256 g/mol. The Morgan fingerprint density at radius 2 is 2.25 bits per heavy atom. The van der Waals surface area contributed by atoms with E-state index in [0.717, 1.165) is 18.7 Å². The largest absolute Gasteiger partial charge is 0.369 e. The first kappa shape index (κ1) is 14.6. The molecule has 1 atom stereocenters. The molecule has 1 saturated heterocycles. The maximum Gasteiger partial charge on any atom is 0.242 e. The minimum absolute atomic E-state index is 0.0184. The van der Waals surface area contributed by atoms with Crippen LogP contribution in [0.1, 0.15) is 32.0 Å². The Hall–Kier alpha value is -1.85. The van der Waals surface area contributed by atoms with E-state index in [1.165, 1.54) is 0 Å². The monoisotopic (exact) mass is 278 g/mol. The molecule has 1 aliphatic heterocycles. The minimum Gasteiger partial charge on any atom is -0.369 e. The Morgan fingerprint density at radius 1 is 1.50 bits per heavy atom. The Kier molecular flexibility index (Phi) is 4.11. The van der Waals surface area contributed by atoms with Crippen LogP contribution in [0.25, 0.3) is 0 Å². The molecule has 0 bridgehead atoms. The van der Waals surface area contributed by atoms with Crippen molar-refractivity contribution in [1.82, 2.24) is 14.5 Å². The summed E-state index contributed by atoms with van der Waals surface area (Å²) >= 11 is 0. The number of aromatic nitrogens is 2. The molecule has 110 valence electrons. The highest BCUT2D eigenvalue weighted by Gasteiger charge is 2.40. The van der Waals surface area contributed by atoms with Crippen molar-refractivity contribution in [3.63, 3.8) is 0 Å². The van der Waals surface area contributed by atoms with Gasteiger partial charge in [0.05, 0.1) is 5.41 Å². The summed E-state index contributed by atoms with van der Waals surface area (Å²) in [5, 5.41) is 0. The number of hydrogen-bond acceptors (Lipinski definition) is 3. The highest BCUT2D eigenvalue weighted by molar-refractivity contribution is 5.83. The van der Waals surface area contributed by atoms with Gasteiger partial charge < -0.3 is 15.2 Å². The molecule has 0 aliphatic carbocycles. The smallest absolute Gasteiger partial charge is 0.242 e. The maximum atomic E-state index is 12.4. The zero-order chi connectivity index (χ0) is 14.8. The maximum absolute atomic E-state index is 12.4. The van der Waals surface area contributed by atoms with E-state index >= 15 is 0 Å². The lowest BCUT2D eigenvalue weighted by molar-refractivity contribution is -0.140. The topological polar surface area (TPSA) is 81.2 Å². The van der Waals surface area contributed by atoms with Gasteiger partial charge in [-0.3, -0.25) is 9.59 Å². The first-order valence-electron chi connectivity index (χ1n) is 7.04. The number of amides is 2. The number of carbonyl (C=O) groups excluding carboxylic acids is 2. The molecule has 6 nitrogen and oxygen atoms in total. The molecule has 0 saturated carbocycles. The van der Waals surface area contributed by atoms with Gasteiger partial charge in [-0.2, -0.15) is 0 Å². The molecule has 2 heterocycles. The SMILES string of the molecule is CCC1(C(N)=O)CCCN(C(=O)Cn2ccnc2C)C1. The van der Waals surface area contributed by atoms with E-state index in [1.54, 1.807) is 17.3 Å². The summed E-state index contributed by atoms with van der Waals surface area (Å²) in [5.74, 6) is 0.535. The lowest BCUT2D eigenvalue weighted by atomic mass is 9.77. The quantitative estimate of drug-likeness (QED) is 0.880. The molecule has 1 fully saturated rings. The number of hydrogen-bond donors (Lipinski definition) is 1. The summed E-state index contributed by atoms with van der Waals surface area (Å²) in [7, 11) is 0. The van der Waals surface area contributed by atoms with Crippen molar-refractivity contribution in [2.24, 2.45) is 11.1 Å². The highest BCUT2D eigenvalue weighted by Crippen LogP contribution is 2.33. The Morgan fingerprint density at radius 3 is 2.80 bits per heavy atom. The van der Waals surface area contributed by atoms with Crippen LogP contribution in [0.2, 0.25) is 0 Å². The van der Waals surface area contributed by atoms with Crippen molar-refractivity contribution < 1.29 is 9.59 Å². The molecule has 2 amide bonds. The van der Waals surface area contributed by atoms with Crippen LogP contribution in [0.4, 0.5) is 0 Å². The van der Waals surface area contributed by atoms with Crippen molar-refractivity contribution in [2.45, 2.75) is 39.7 Å². The number of rotatable bonds is 4. The number of nitrogens with two attached hydrogens (primary N) is 1. The number of likely N-dealkylation sites (tertiary alicyclic amines) is 1. The molecule has 0 radical (unpaired) electrons. The van der Waals surface area contributed by atoms with Gasteiger partial charge >= 0.3 is 0 Å². The molecule has 1 aromatic heterocycles. The van der Waals surface area contributed by atoms with Gasteiger partial charge in [0.15, 0.2) is 0 Å². The fourth-order valence-corrected chi connectivity index (χ4v) is 2.83. The predicted octanol–water partition coefficient (Wildman–Crippen LogP) is 0.696. The normalized spacial score (nSPS) is 22.8. The van der Waals surface area contributed by atoms with E-state index in [9.17, 15) is 9.59 Å². The van der Waals surface area contributed by atoms with Crippen LogP contribution < -0.4 is 5.73 Å². The van der Waals surface area contributed by atoms with E-state index in [-0.39, 0.29) is 18.4 Å². The van der Waals surface area contributed by atoms with Gasteiger partial charge in [-0.1, -0.05) is 6.92 Å². The van der Waals surface area contributed by atoms with E-state index in [2.05, 4.69) is 4.98 Å². The Balaban J connectivity index is 2.07. The molecule has 1 aromatic rings. The molecule has 1 aliphatic rings. The van der Waals surface area contributed by atoms with Crippen molar-refractivity contribution >= 4 is 11.8 Å². The van der Waals surface area contributed by atoms with E-state index in [0.29, 0.717) is 19.5 Å². The average molecular weight is 278 g/mol. The number of aryl methyl sites for hydroxylation is 1. The standard InChI is InChI=1S/C14H22N4O2/c1-3-14(13(15)20)5-4-7-18(10-14)12(19)9-17-8-6-16-11(17)2/h6,8H,3-5,7,9-10H2,1-2H3,(H2,15,20). The van der Waals surface area contributed by atoms with E-state index < -0.39 is 5.41 Å². The second kappa shape index (κ2) is 5.64. The molecule has 0 spiro atoms. The number of primary amides is 1. The van der Waals surface area contributed by atoms with Crippen LogP contribution in [-0.4, -0.2) is 39.4 Å². The van der Waals surface area contributed by atoms with Gasteiger partial charge in [0.1, 0.15) is 12.4 Å². The minimum atomic E-state index is -0.558. The molecule has 2 rings (SSSR count). The van der Waals surface area contributed by atoms with Crippen LogP contribution >= 0.6 is 0 Å². The number of nitrogens with zero attached hydrogens (tertiary/aromatic N) is 3. The highest BCUT2D eigenvalue weighted by atomic mass is 16.2. The summed E-state index contributed by atoms with van der Waals surface area (Å²) in [4.78, 5) is 30.0. The number of piperidine rings is 1. The van der Waals surface area contributed by atoms with Crippen molar-refractivity contribution in [1.29, 1.82) is 0 Å². The van der Waals surface area contributed by atoms with Crippen LogP contribution in [0.15, 0.2) is 12.4 Å². The average Bonchev–Trinajstić information content (AvgIpc) is 2.84. The van der Waals surface area contributed by atoms with Crippen LogP contribution in [0.3, 0.4) is 0 Å². The van der Waals surface area contributed by atoms with Gasteiger partial charge in [0, 0.05) is 25.5 Å². The number of imidazole rings is 1. The molecule has 0 aromatic carbocycles. The summed E-state index contributed by atoms with van der Waals surface area (Å²) in [6.45, 7) is 5.22. The predicted molar refractivity (Wildman–Crippen MR) is 74.7 cm³/mol. The summed E-state index contributed by atoms with van der Waals surface area (Å²) in [6, 6.07) is 0. The van der Waals surface area contributed by atoms with E-state index in [4.69, 9.17) is 5.73 Å². The Labute approximate surface area is 119 Å². The van der Waals surface area contributed by atoms with E-state index in [1.807, 2.05) is 18.4 Å². The molecular formula is C14H22N4O2. The lowest BCUT2D eigenvalue weighted by Crippen LogP contribution is -2.52. The first-order valence-corrected chi connectivity index (χ1v) is 7.04. The third kappa shape index (κ3) is 2.69. The summed E-state index contributed by atoms with van der Waals surface area (Å²) in [6.07, 6.45) is 5.74. The van der Waals surface area contributed by atoms with Crippen LogP contribution in [0.5, 0.6) is 0 Å². The molecule has 6 heteroatoms. The third-order valence-corrected chi connectivity index (χ3v) is 4.36. The van der Waals surface area contributed by atoms with Gasteiger partial charge in [-0.25, -0.2) is 4.98 Å². The van der Waals surface area contributed by atoms with Gasteiger partial charge in [0.25, 0.3) is 0 Å². The Bertz CT molecular complexity index is 511. The zero-order valence-corrected chi connectivity index (χ0v) is 12.1. The molecule has 2 N–H and O–H groups in total. The fraction of sp³-hybridized carbons (Fsp3) is 0.643. The zero-order valence-electron chi connectivity index (χ0n) is 12.1. The molecule has 20 heavy (non-hydrogen) atoms. The second-order valence-electron chi connectivity index (χ2n) is 5.52. The van der Waals surface area contributed by atoms with Crippen molar-refractivity contribution in [3.05, 3.63) is 18.2 Å². The second-order valence-corrected chi connectivity index (χ2v) is 5.52. The van der Waals surface area contributed by atoms with Gasteiger partial charge in [-0.05, 0) is 26.2 Å². The third-order valence-electron chi connectivity index (χ3n) is 4.36. The van der Waals surface area contributed by atoms with Crippen LogP contribution in [0, 0.1) is 12.3 Å². The van der Waals surface area contributed by atoms with Crippen molar-refractivity contribution in [2.75, 3.05) is 13.1 Å². The van der Waals surface area contributed by atoms with Gasteiger partial charge in [0.2, 0.25) is 11.8 Å². The number of carbonyl (C=O) groups is 2. The molecule has 1 unspecified atom stereocenters. The lowest BCUT2D eigenvalue weighted by Gasteiger charge is -2.40. The summed E-state index contributed by atoms with van der Waals surface area (Å²) < 4.78 is 1.81. The fourth-order valence-electron chi connectivity index (χ4n) is 2.83. The first-order chi connectivity index (χ1) is 9.48. The van der Waals surface area contributed by atoms with Crippen molar-refractivity contribution in [3.8, 4) is 0 Å².